The van der Waals surface area contributed by atoms with Crippen LogP contribution in [0.2, 0.25) is 0 Å². The van der Waals surface area contributed by atoms with Crippen molar-refractivity contribution in [2.45, 2.75) is 6.04 Å². The summed E-state index contributed by atoms with van der Waals surface area (Å²) in [6, 6.07) is 9.76. The third-order valence-corrected chi connectivity index (χ3v) is 5.46. The number of amides is 1. The lowest BCUT2D eigenvalue weighted by Crippen LogP contribution is -2.61. The summed E-state index contributed by atoms with van der Waals surface area (Å²) in [6.45, 7) is 2.36. The Bertz CT molecular complexity index is 1030. The molecule has 3 aromatic rings. The van der Waals surface area contributed by atoms with E-state index in [1.54, 1.807) is 24.3 Å². The molecule has 8 heteroatoms. The van der Waals surface area contributed by atoms with Crippen LogP contribution in [0.5, 0.6) is 0 Å². The molecule has 0 spiro atoms. The van der Waals surface area contributed by atoms with E-state index in [0.29, 0.717) is 12.5 Å². The van der Waals surface area contributed by atoms with Gasteiger partial charge in [0, 0.05) is 44.6 Å². The van der Waals surface area contributed by atoms with Gasteiger partial charge < -0.3 is 14.7 Å². The van der Waals surface area contributed by atoms with Crippen LogP contribution in [0.4, 0.5) is 11.5 Å². The highest BCUT2D eigenvalue weighted by atomic mass is 16.2. The number of hydrogen-bond donors (Lipinski definition) is 0. The molecule has 1 unspecified atom stereocenters. The lowest BCUT2D eigenvalue weighted by Gasteiger charge is -2.45. The second kappa shape index (κ2) is 6.42. The molecule has 0 radical (unpaired) electrons. The molecule has 0 saturated carbocycles. The molecule has 28 heavy (non-hydrogen) atoms. The van der Waals surface area contributed by atoms with Crippen molar-refractivity contribution in [1.82, 2.24) is 24.4 Å². The Morgan fingerprint density at radius 1 is 1.07 bits per heavy atom. The molecular formula is C20H21N7O. The summed E-state index contributed by atoms with van der Waals surface area (Å²) in [5.41, 5.74) is 1.74. The van der Waals surface area contributed by atoms with Gasteiger partial charge in [-0.25, -0.2) is 9.97 Å². The number of carbonyl (C=O) groups excluding carboxylic acids is 1. The Labute approximate surface area is 163 Å². The fourth-order valence-electron chi connectivity index (χ4n) is 3.91. The maximum atomic E-state index is 12.8. The molecule has 1 amide bonds. The van der Waals surface area contributed by atoms with Gasteiger partial charge in [0.2, 0.25) is 5.95 Å². The minimum atomic E-state index is -0.213. The quantitative estimate of drug-likeness (QED) is 0.675. The molecule has 2 aromatic heterocycles. The first-order chi connectivity index (χ1) is 13.6. The third-order valence-electron chi connectivity index (χ3n) is 5.46. The fraction of sp³-hybridized carbons (Fsp3) is 0.300. The van der Waals surface area contributed by atoms with Crippen molar-refractivity contribution in [2.24, 2.45) is 0 Å². The van der Waals surface area contributed by atoms with Crippen LogP contribution in [-0.4, -0.2) is 70.1 Å². The first-order valence-corrected chi connectivity index (χ1v) is 9.32. The minimum absolute atomic E-state index is 0.0861. The smallest absolute Gasteiger partial charge is 0.250 e. The van der Waals surface area contributed by atoms with Crippen molar-refractivity contribution in [3.05, 3.63) is 48.9 Å². The average Bonchev–Trinajstić information content (AvgIpc) is 3.22. The highest BCUT2D eigenvalue weighted by Crippen LogP contribution is 2.35. The summed E-state index contributed by atoms with van der Waals surface area (Å²) in [6.07, 6.45) is 5.35. The number of piperazine rings is 1. The SMILES string of the molecule is CN1CCN2c3nc(-n4ccnc4-c4ccccc4)ncc3N(C)C(=O)C2C1. The first kappa shape index (κ1) is 16.9. The van der Waals surface area contributed by atoms with Crippen LogP contribution >= 0.6 is 0 Å². The van der Waals surface area contributed by atoms with Crippen molar-refractivity contribution in [3.63, 3.8) is 0 Å². The van der Waals surface area contributed by atoms with E-state index in [2.05, 4.69) is 19.8 Å². The number of nitrogens with zero attached hydrogens (tertiary/aromatic N) is 7. The molecule has 5 rings (SSSR count). The first-order valence-electron chi connectivity index (χ1n) is 9.32. The van der Waals surface area contributed by atoms with Gasteiger partial charge in [-0.2, -0.15) is 4.98 Å². The van der Waals surface area contributed by atoms with Crippen LogP contribution in [0.25, 0.3) is 17.3 Å². The topological polar surface area (TPSA) is 70.4 Å². The molecule has 142 valence electrons. The predicted octanol–water partition coefficient (Wildman–Crippen LogP) is 1.43. The van der Waals surface area contributed by atoms with Gasteiger partial charge in [0.25, 0.3) is 5.91 Å². The number of benzene rings is 1. The van der Waals surface area contributed by atoms with Gasteiger partial charge in [0.1, 0.15) is 17.6 Å². The van der Waals surface area contributed by atoms with E-state index in [4.69, 9.17) is 4.98 Å². The maximum Gasteiger partial charge on any atom is 0.250 e. The number of fused-ring (bicyclic) bond motifs is 3. The van der Waals surface area contributed by atoms with Crippen LogP contribution < -0.4 is 9.80 Å². The van der Waals surface area contributed by atoms with Gasteiger partial charge in [-0.3, -0.25) is 9.36 Å². The monoisotopic (exact) mass is 375 g/mol. The summed E-state index contributed by atoms with van der Waals surface area (Å²) in [5.74, 6) is 2.23. The second-order valence-corrected chi connectivity index (χ2v) is 7.23. The molecule has 2 aliphatic rings. The predicted molar refractivity (Wildman–Crippen MR) is 107 cm³/mol. The Hall–Kier alpha value is -3.26. The average molecular weight is 375 g/mol. The molecule has 0 bridgehead atoms. The number of rotatable bonds is 2. The van der Waals surface area contributed by atoms with Gasteiger partial charge in [-0.05, 0) is 7.05 Å². The highest BCUT2D eigenvalue weighted by Gasteiger charge is 2.40. The van der Waals surface area contributed by atoms with Crippen LogP contribution in [0.3, 0.4) is 0 Å². The normalized spacial score (nSPS) is 19.5. The van der Waals surface area contributed by atoms with Gasteiger partial charge in [-0.1, -0.05) is 30.3 Å². The highest BCUT2D eigenvalue weighted by molar-refractivity contribution is 6.04. The van der Waals surface area contributed by atoms with Crippen molar-refractivity contribution >= 4 is 17.4 Å². The fourth-order valence-corrected chi connectivity index (χ4v) is 3.91. The van der Waals surface area contributed by atoms with E-state index in [1.807, 2.05) is 48.1 Å². The van der Waals surface area contributed by atoms with Gasteiger partial charge >= 0.3 is 0 Å². The van der Waals surface area contributed by atoms with E-state index in [9.17, 15) is 4.79 Å². The summed E-state index contributed by atoms with van der Waals surface area (Å²) >= 11 is 0. The lowest BCUT2D eigenvalue weighted by atomic mass is 10.1. The Morgan fingerprint density at radius 2 is 1.89 bits per heavy atom. The van der Waals surface area contributed by atoms with E-state index in [-0.39, 0.29) is 11.9 Å². The number of aromatic nitrogens is 4. The zero-order valence-corrected chi connectivity index (χ0v) is 15.9. The molecule has 1 fully saturated rings. The number of imidazole rings is 1. The van der Waals surface area contributed by atoms with Gasteiger partial charge in [0.05, 0.1) is 6.20 Å². The molecular weight excluding hydrogens is 354 g/mol. The molecule has 1 atom stereocenters. The summed E-state index contributed by atoms with van der Waals surface area (Å²) in [7, 11) is 3.84. The van der Waals surface area contributed by atoms with E-state index in [0.717, 1.165) is 36.0 Å². The maximum absolute atomic E-state index is 12.8. The van der Waals surface area contributed by atoms with Crippen molar-refractivity contribution in [1.29, 1.82) is 0 Å². The number of likely N-dealkylation sites (N-methyl/N-ethyl adjacent to an activating group) is 2. The van der Waals surface area contributed by atoms with E-state index < -0.39 is 0 Å². The number of anilines is 2. The van der Waals surface area contributed by atoms with Gasteiger partial charge in [0.15, 0.2) is 5.82 Å². The Morgan fingerprint density at radius 3 is 2.71 bits per heavy atom. The number of hydrogen-bond acceptors (Lipinski definition) is 6. The Kier molecular flexibility index (Phi) is 3.87. The standard InChI is InChI=1S/C20H21N7O/c1-24-10-11-26-16(13-24)19(28)25(2)15-12-22-20(23-18(15)26)27-9-8-21-17(27)14-6-4-3-5-7-14/h3-9,12,16H,10-11,13H2,1-2H3. The zero-order valence-electron chi connectivity index (χ0n) is 15.9. The molecule has 4 heterocycles. The van der Waals surface area contributed by atoms with Gasteiger partial charge in [-0.15, -0.1) is 0 Å². The molecule has 8 nitrogen and oxygen atoms in total. The molecule has 1 aromatic carbocycles. The van der Waals surface area contributed by atoms with Crippen LogP contribution in [0, 0.1) is 0 Å². The van der Waals surface area contributed by atoms with Crippen molar-refractivity contribution < 1.29 is 4.79 Å². The lowest BCUT2D eigenvalue weighted by molar-refractivity contribution is -0.120. The minimum Gasteiger partial charge on any atom is -0.340 e. The summed E-state index contributed by atoms with van der Waals surface area (Å²) < 4.78 is 1.89. The van der Waals surface area contributed by atoms with Crippen LogP contribution in [0.1, 0.15) is 0 Å². The summed E-state index contributed by atoms with van der Waals surface area (Å²) in [5, 5.41) is 0. The van der Waals surface area contributed by atoms with Crippen LogP contribution in [-0.2, 0) is 4.79 Å². The van der Waals surface area contributed by atoms with E-state index >= 15 is 0 Å². The van der Waals surface area contributed by atoms with Crippen LogP contribution in [0.15, 0.2) is 48.9 Å². The molecule has 0 N–H and O–H groups in total. The Balaban J connectivity index is 1.60. The third kappa shape index (κ3) is 2.56. The van der Waals surface area contributed by atoms with E-state index in [1.165, 1.54) is 0 Å². The molecule has 1 saturated heterocycles. The molecule has 0 aliphatic carbocycles. The van der Waals surface area contributed by atoms with Crippen molar-refractivity contribution in [3.8, 4) is 17.3 Å². The second-order valence-electron chi connectivity index (χ2n) is 7.23. The number of carbonyl (C=O) groups is 1. The zero-order chi connectivity index (χ0) is 19.3. The van der Waals surface area contributed by atoms with Crippen molar-refractivity contribution in [2.75, 3.05) is 43.5 Å². The molecule has 2 aliphatic heterocycles. The summed E-state index contributed by atoms with van der Waals surface area (Å²) in [4.78, 5) is 32.7. The largest absolute Gasteiger partial charge is 0.340 e.